The van der Waals surface area contributed by atoms with E-state index in [9.17, 15) is 4.79 Å². The third-order valence-corrected chi connectivity index (χ3v) is 3.47. The number of benzene rings is 1. The Bertz CT molecular complexity index is 613. The Hall–Kier alpha value is -2.02. The number of methoxy groups -OCH3 is 2. The number of aromatic nitrogens is 3. The van der Waals surface area contributed by atoms with Crippen LogP contribution in [0, 0.1) is 6.92 Å². The van der Waals surface area contributed by atoms with Crippen LogP contribution in [0.1, 0.15) is 16.2 Å². The average Bonchev–Trinajstić information content (AvgIpc) is 2.89. The molecule has 106 valence electrons. The van der Waals surface area contributed by atoms with E-state index in [-0.39, 0.29) is 11.5 Å². The standard InChI is InChI=1S/C13H15N3O3S/c1-8-14-13(16-15-8)20-7-11(17)10-5-4-9(18-2)6-12(10)19-3/h4-6H,7H2,1-3H3,(H,14,15,16). The number of Topliss-reactive ketones (excluding diaryl/α,β-unsaturated/α-hetero) is 1. The van der Waals surface area contributed by atoms with Gasteiger partial charge in [0.25, 0.3) is 0 Å². The Labute approximate surface area is 120 Å². The van der Waals surface area contributed by atoms with Gasteiger partial charge in [0.1, 0.15) is 17.3 Å². The predicted octanol–water partition coefficient (Wildman–Crippen LogP) is 2.11. The second-order valence-electron chi connectivity index (χ2n) is 3.98. The first-order valence-electron chi connectivity index (χ1n) is 5.91. The molecule has 0 radical (unpaired) electrons. The molecule has 0 saturated carbocycles. The average molecular weight is 293 g/mol. The minimum Gasteiger partial charge on any atom is -0.497 e. The van der Waals surface area contributed by atoms with Crippen molar-refractivity contribution in [2.24, 2.45) is 0 Å². The lowest BCUT2D eigenvalue weighted by atomic mass is 10.1. The van der Waals surface area contributed by atoms with Crippen LogP contribution in [0.15, 0.2) is 23.4 Å². The highest BCUT2D eigenvalue weighted by atomic mass is 32.2. The van der Waals surface area contributed by atoms with Crippen LogP contribution in [-0.2, 0) is 0 Å². The summed E-state index contributed by atoms with van der Waals surface area (Å²) in [5, 5.41) is 7.27. The number of ketones is 1. The first kappa shape index (κ1) is 14.4. The fourth-order valence-corrected chi connectivity index (χ4v) is 2.35. The van der Waals surface area contributed by atoms with Gasteiger partial charge in [0.2, 0.25) is 5.16 Å². The number of carbonyl (C=O) groups is 1. The maximum Gasteiger partial charge on any atom is 0.208 e. The summed E-state index contributed by atoms with van der Waals surface area (Å²) in [6, 6.07) is 5.12. The fraction of sp³-hybridized carbons (Fsp3) is 0.308. The van der Waals surface area contributed by atoms with Crippen LogP contribution in [0.2, 0.25) is 0 Å². The monoisotopic (exact) mass is 293 g/mol. The second kappa shape index (κ2) is 6.42. The number of aromatic amines is 1. The zero-order valence-corrected chi connectivity index (χ0v) is 12.3. The molecular weight excluding hydrogens is 278 g/mol. The molecule has 2 aromatic rings. The molecule has 0 aliphatic carbocycles. The summed E-state index contributed by atoms with van der Waals surface area (Å²) in [4.78, 5) is 16.3. The Morgan fingerprint density at radius 1 is 1.35 bits per heavy atom. The molecule has 1 aromatic carbocycles. The molecule has 0 amide bonds. The van der Waals surface area contributed by atoms with E-state index < -0.39 is 0 Å². The predicted molar refractivity (Wildman–Crippen MR) is 75.7 cm³/mol. The van der Waals surface area contributed by atoms with Crippen molar-refractivity contribution < 1.29 is 14.3 Å². The van der Waals surface area contributed by atoms with Gasteiger partial charge in [-0.05, 0) is 19.1 Å². The quantitative estimate of drug-likeness (QED) is 0.649. The third-order valence-electron chi connectivity index (χ3n) is 2.62. The molecule has 1 heterocycles. The molecule has 20 heavy (non-hydrogen) atoms. The molecule has 0 fully saturated rings. The van der Waals surface area contributed by atoms with Crippen LogP contribution in [0.3, 0.4) is 0 Å². The van der Waals surface area contributed by atoms with E-state index >= 15 is 0 Å². The number of nitrogens with one attached hydrogen (secondary N) is 1. The lowest BCUT2D eigenvalue weighted by molar-refractivity contribution is 0.101. The Morgan fingerprint density at radius 3 is 2.75 bits per heavy atom. The lowest BCUT2D eigenvalue weighted by Gasteiger charge is -2.08. The van der Waals surface area contributed by atoms with Crippen molar-refractivity contribution in [2.45, 2.75) is 12.1 Å². The van der Waals surface area contributed by atoms with Crippen molar-refractivity contribution in [3.63, 3.8) is 0 Å². The Morgan fingerprint density at radius 2 is 2.15 bits per heavy atom. The summed E-state index contributed by atoms with van der Waals surface area (Å²) in [7, 11) is 3.09. The van der Waals surface area contributed by atoms with E-state index in [1.54, 1.807) is 25.3 Å². The van der Waals surface area contributed by atoms with Gasteiger partial charge in [-0.3, -0.25) is 9.89 Å². The zero-order valence-electron chi connectivity index (χ0n) is 11.5. The first-order valence-corrected chi connectivity index (χ1v) is 6.89. The van der Waals surface area contributed by atoms with E-state index in [1.165, 1.54) is 18.9 Å². The van der Waals surface area contributed by atoms with Gasteiger partial charge in [-0.2, -0.15) is 0 Å². The summed E-state index contributed by atoms with van der Waals surface area (Å²) in [5.74, 6) is 2.08. The van der Waals surface area contributed by atoms with E-state index in [0.717, 1.165) is 5.82 Å². The number of hydrogen-bond donors (Lipinski definition) is 1. The number of thioether (sulfide) groups is 1. The van der Waals surface area contributed by atoms with E-state index in [4.69, 9.17) is 9.47 Å². The largest absolute Gasteiger partial charge is 0.497 e. The molecule has 0 spiro atoms. The lowest BCUT2D eigenvalue weighted by Crippen LogP contribution is -2.05. The molecule has 0 aliphatic rings. The van der Waals surface area contributed by atoms with Gasteiger partial charge in [-0.15, -0.1) is 5.10 Å². The van der Waals surface area contributed by atoms with Gasteiger partial charge >= 0.3 is 0 Å². The molecular formula is C13H15N3O3S. The van der Waals surface area contributed by atoms with Gasteiger partial charge in [-0.25, -0.2) is 4.98 Å². The normalized spacial score (nSPS) is 10.3. The second-order valence-corrected chi connectivity index (χ2v) is 4.92. The summed E-state index contributed by atoms with van der Waals surface area (Å²) >= 11 is 1.28. The summed E-state index contributed by atoms with van der Waals surface area (Å²) in [5.41, 5.74) is 0.521. The maximum absolute atomic E-state index is 12.2. The SMILES string of the molecule is COc1ccc(C(=O)CSc2n[nH]c(C)n2)c(OC)c1. The molecule has 0 bridgehead atoms. The first-order chi connectivity index (χ1) is 9.63. The van der Waals surface area contributed by atoms with Crippen LogP contribution in [0.25, 0.3) is 0 Å². The van der Waals surface area contributed by atoms with Gasteiger partial charge in [0, 0.05) is 6.07 Å². The smallest absolute Gasteiger partial charge is 0.208 e. The molecule has 0 unspecified atom stereocenters. The fourth-order valence-electron chi connectivity index (χ4n) is 1.62. The Balaban J connectivity index is 2.08. The van der Waals surface area contributed by atoms with Crippen LogP contribution in [0.5, 0.6) is 11.5 Å². The maximum atomic E-state index is 12.2. The molecule has 1 aromatic heterocycles. The van der Waals surface area contributed by atoms with E-state index in [1.807, 2.05) is 6.92 Å². The van der Waals surface area contributed by atoms with E-state index in [2.05, 4.69) is 15.2 Å². The molecule has 0 atom stereocenters. The molecule has 6 nitrogen and oxygen atoms in total. The zero-order chi connectivity index (χ0) is 14.5. The molecule has 7 heteroatoms. The number of carbonyl (C=O) groups excluding carboxylic acids is 1. The number of rotatable bonds is 6. The molecule has 2 rings (SSSR count). The highest BCUT2D eigenvalue weighted by Gasteiger charge is 2.14. The number of aryl methyl sites for hydroxylation is 1. The summed E-state index contributed by atoms with van der Waals surface area (Å²) in [6.07, 6.45) is 0. The highest BCUT2D eigenvalue weighted by molar-refractivity contribution is 7.99. The number of H-pyrrole nitrogens is 1. The minimum absolute atomic E-state index is 0.0445. The van der Waals surface area contributed by atoms with Crippen molar-refractivity contribution in [1.29, 1.82) is 0 Å². The number of nitrogens with zero attached hydrogens (tertiary/aromatic N) is 2. The van der Waals surface area contributed by atoms with Crippen molar-refractivity contribution >= 4 is 17.5 Å². The summed E-state index contributed by atoms with van der Waals surface area (Å²) < 4.78 is 10.3. The Kier molecular flexibility index (Phi) is 4.62. The number of ether oxygens (including phenoxy) is 2. The van der Waals surface area contributed by atoms with Crippen LogP contribution in [0.4, 0.5) is 0 Å². The van der Waals surface area contributed by atoms with Crippen molar-refractivity contribution in [1.82, 2.24) is 15.2 Å². The molecule has 0 aliphatic heterocycles. The van der Waals surface area contributed by atoms with Crippen LogP contribution in [-0.4, -0.2) is 40.9 Å². The van der Waals surface area contributed by atoms with Gasteiger partial charge in [0.05, 0.1) is 25.5 Å². The van der Waals surface area contributed by atoms with Gasteiger partial charge in [0.15, 0.2) is 5.78 Å². The van der Waals surface area contributed by atoms with Gasteiger partial charge < -0.3 is 9.47 Å². The van der Waals surface area contributed by atoms with Crippen LogP contribution < -0.4 is 9.47 Å². The summed E-state index contributed by atoms with van der Waals surface area (Å²) in [6.45, 7) is 1.81. The van der Waals surface area contributed by atoms with Crippen molar-refractivity contribution in [3.8, 4) is 11.5 Å². The third kappa shape index (κ3) is 3.30. The molecule has 0 saturated heterocycles. The highest BCUT2D eigenvalue weighted by Crippen LogP contribution is 2.26. The van der Waals surface area contributed by atoms with E-state index in [0.29, 0.717) is 22.2 Å². The number of hydrogen-bond acceptors (Lipinski definition) is 6. The van der Waals surface area contributed by atoms with Crippen LogP contribution >= 0.6 is 11.8 Å². The van der Waals surface area contributed by atoms with Gasteiger partial charge in [-0.1, -0.05) is 11.8 Å². The van der Waals surface area contributed by atoms with Crippen molar-refractivity contribution in [2.75, 3.05) is 20.0 Å². The minimum atomic E-state index is -0.0445. The molecule has 1 N–H and O–H groups in total. The topological polar surface area (TPSA) is 77.1 Å². The van der Waals surface area contributed by atoms with Crippen molar-refractivity contribution in [3.05, 3.63) is 29.6 Å².